The first-order valence-electron chi connectivity index (χ1n) is 3.92. The lowest BCUT2D eigenvalue weighted by molar-refractivity contribution is -0.111. The Kier molecular flexibility index (Phi) is 3.45. The highest BCUT2D eigenvalue weighted by molar-refractivity contribution is 5.54. The van der Waals surface area contributed by atoms with Gasteiger partial charge in [0, 0.05) is 5.92 Å². The molecule has 0 aromatic heterocycles. The first-order chi connectivity index (χ1) is 5.86. The van der Waals surface area contributed by atoms with Crippen molar-refractivity contribution in [3.63, 3.8) is 0 Å². The Morgan fingerprint density at radius 3 is 2.50 bits per heavy atom. The van der Waals surface area contributed by atoms with Crippen LogP contribution in [0.25, 0.3) is 0 Å². The van der Waals surface area contributed by atoms with Crippen molar-refractivity contribution in [1.29, 1.82) is 0 Å². The molecule has 1 aromatic carbocycles. The van der Waals surface area contributed by atoms with E-state index < -0.39 is 12.6 Å². The van der Waals surface area contributed by atoms with E-state index in [4.69, 9.17) is 0 Å². The summed E-state index contributed by atoms with van der Waals surface area (Å²) in [6, 6.07) is 9.46. The third-order valence-electron chi connectivity index (χ3n) is 1.73. The molecule has 0 amide bonds. The van der Waals surface area contributed by atoms with Crippen LogP contribution in [-0.2, 0) is 11.2 Å². The monoisotopic (exact) mass is 166 g/mol. The fraction of sp³-hybridized carbons (Fsp3) is 0.300. The number of hydrogen-bond donors (Lipinski definition) is 0. The average molecular weight is 166 g/mol. The van der Waals surface area contributed by atoms with Gasteiger partial charge in [-0.25, -0.2) is 0 Å². The number of halogens is 1. The van der Waals surface area contributed by atoms with E-state index in [1.54, 1.807) is 0 Å². The van der Waals surface area contributed by atoms with E-state index in [0.717, 1.165) is 5.56 Å². The Morgan fingerprint density at radius 1 is 1.33 bits per heavy atom. The number of hydrogen-bond acceptors (Lipinski definition) is 1. The van der Waals surface area contributed by atoms with Crippen LogP contribution in [0.2, 0.25) is 0 Å². The second-order valence-electron chi connectivity index (χ2n) is 2.74. The van der Waals surface area contributed by atoms with Gasteiger partial charge in [-0.2, -0.15) is 0 Å². The summed E-state index contributed by atoms with van der Waals surface area (Å²) in [6.45, 7) is -0.571. The van der Waals surface area contributed by atoms with E-state index in [9.17, 15) is 9.18 Å². The Morgan fingerprint density at radius 2 is 2.00 bits per heavy atom. The summed E-state index contributed by atoms with van der Waals surface area (Å²) >= 11 is 0. The number of aldehydes is 1. The molecule has 0 saturated carbocycles. The topological polar surface area (TPSA) is 17.1 Å². The fourth-order valence-electron chi connectivity index (χ4n) is 1.06. The molecular weight excluding hydrogens is 155 g/mol. The first kappa shape index (κ1) is 8.91. The van der Waals surface area contributed by atoms with Gasteiger partial charge in [-0.1, -0.05) is 30.3 Å². The smallest absolute Gasteiger partial charge is 0.126 e. The van der Waals surface area contributed by atoms with Crippen molar-refractivity contribution in [3.8, 4) is 0 Å². The number of carbonyl (C=O) groups excluding carboxylic acids is 1. The van der Waals surface area contributed by atoms with Crippen molar-refractivity contribution in [3.05, 3.63) is 35.9 Å². The summed E-state index contributed by atoms with van der Waals surface area (Å²) in [5.41, 5.74) is 1.01. The van der Waals surface area contributed by atoms with Crippen molar-refractivity contribution in [2.45, 2.75) is 6.42 Å². The minimum Gasteiger partial charge on any atom is -0.303 e. The summed E-state index contributed by atoms with van der Waals surface area (Å²) in [7, 11) is 0. The molecule has 1 nitrogen and oxygen atoms in total. The second-order valence-corrected chi connectivity index (χ2v) is 2.74. The Balaban J connectivity index is 2.56. The van der Waals surface area contributed by atoms with Gasteiger partial charge in [-0.05, 0) is 12.0 Å². The van der Waals surface area contributed by atoms with Gasteiger partial charge in [0.2, 0.25) is 0 Å². The van der Waals surface area contributed by atoms with E-state index >= 15 is 0 Å². The summed E-state index contributed by atoms with van der Waals surface area (Å²) in [6.07, 6.45) is 1.17. The van der Waals surface area contributed by atoms with E-state index in [-0.39, 0.29) is 0 Å². The molecular formula is C10H11FO. The zero-order chi connectivity index (χ0) is 8.81. The van der Waals surface area contributed by atoms with Gasteiger partial charge >= 0.3 is 0 Å². The van der Waals surface area contributed by atoms with Crippen LogP contribution in [0.3, 0.4) is 0 Å². The predicted octanol–water partition coefficient (Wildman–Crippen LogP) is 2.01. The third-order valence-corrected chi connectivity index (χ3v) is 1.73. The standard InChI is InChI=1S/C10H11FO/c11-7-10(8-12)6-9-4-2-1-3-5-9/h1-5,8,10H,6-7H2. The summed E-state index contributed by atoms with van der Waals surface area (Å²) in [5.74, 6) is -0.479. The predicted molar refractivity (Wildman–Crippen MR) is 45.7 cm³/mol. The van der Waals surface area contributed by atoms with Gasteiger partial charge in [0.05, 0.1) is 6.67 Å². The molecule has 0 N–H and O–H groups in total. The van der Waals surface area contributed by atoms with Gasteiger partial charge in [0.1, 0.15) is 6.29 Å². The molecule has 1 rings (SSSR count). The summed E-state index contributed by atoms with van der Waals surface area (Å²) < 4.78 is 12.1. The molecule has 0 saturated heterocycles. The zero-order valence-corrected chi connectivity index (χ0v) is 6.74. The highest BCUT2D eigenvalue weighted by atomic mass is 19.1. The van der Waals surface area contributed by atoms with Crippen molar-refractivity contribution >= 4 is 6.29 Å². The Bertz CT molecular complexity index is 233. The zero-order valence-electron chi connectivity index (χ0n) is 6.74. The van der Waals surface area contributed by atoms with Crippen LogP contribution < -0.4 is 0 Å². The van der Waals surface area contributed by atoms with Crippen LogP contribution in [0.4, 0.5) is 4.39 Å². The van der Waals surface area contributed by atoms with E-state index in [1.165, 1.54) is 0 Å². The van der Waals surface area contributed by atoms with Crippen LogP contribution in [0.1, 0.15) is 5.56 Å². The van der Waals surface area contributed by atoms with Crippen LogP contribution in [-0.4, -0.2) is 13.0 Å². The molecule has 0 spiro atoms. The first-order valence-corrected chi connectivity index (χ1v) is 3.92. The van der Waals surface area contributed by atoms with Crippen molar-refractivity contribution in [2.24, 2.45) is 5.92 Å². The quantitative estimate of drug-likeness (QED) is 0.625. The van der Waals surface area contributed by atoms with Gasteiger partial charge in [-0.3, -0.25) is 4.39 Å². The van der Waals surface area contributed by atoms with Crippen molar-refractivity contribution in [2.75, 3.05) is 6.67 Å². The maximum absolute atomic E-state index is 12.1. The molecule has 0 radical (unpaired) electrons. The molecule has 1 aromatic rings. The van der Waals surface area contributed by atoms with Gasteiger partial charge in [-0.15, -0.1) is 0 Å². The fourth-order valence-corrected chi connectivity index (χ4v) is 1.06. The minimum atomic E-state index is -0.571. The second kappa shape index (κ2) is 4.65. The normalized spacial score (nSPS) is 12.4. The molecule has 0 bridgehead atoms. The van der Waals surface area contributed by atoms with E-state index in [2.05, 4.69) is 0 Å². The molecule has 1 unspecified atom stereocenters. The number of alkyl halides is 1. The van der Waals surface area contributed by atoms with E-state index in [0.29, 0.717) is 12.7 Å². The highest BCUT2D eigenvalue weighted by Gasteiger charge is 2.06. The molecule has 0 aliphatic heterocycles. The molecule has 1 atom stereocenters. The number of benzene rings is 1. The maximum Gasteiger partial charge on any atom is 0.126 e. The molecule has 0 fully saturated rings. The molecule has 0 heterocycles. The lowest BCUT2D eigenvalue weighted by atomic mass is 10.0. The lowest BCUT2D eigenvalue weighted by Crippen LogP contribution is -2.07. The van der Waals surface area contributed by atoms with Gasteiger partial charge in [0.15, 0.2) is 0 Å². The van der Waals surface area contributed by atoms with Crippen LogP contribution in [0, 0.1) is 5.92 Å². The molecule has 2 heteroatoms. The molecule has 12 heavy (non-hydrogen) atoms. The minimum absolute atomic E-state index is 0.479. The highest BCUT2D eigenvalue weighted by Crippen LogP contribution is 2.06. The molecule has 0 aliphatic rings. The van der Waals surface area contributed by atoms with E-state index in [1.807, 2.05) is 30.3 Å². The van der Waals surface area contributed by atoms with Crippen molar-refractivity contribution in [1.82, 2.24) is 0 Å². The number of rotatable bonds is 4. The third kappa shape index (κ3) is 2.46. The molecule has 64 valence electrons. The SMILES string of the molecule is O=CC(CF)Cc1ccccc1. The number of carbonyl (C=O) groups is 1. The van der Waals surface area contributed by atoms with Crippen LogP contribution >= 0.6 is 0 Å². The maximum atomic E-state index is 12.1. The summed E-state index contributed by atoms with van der Waals surface area (Å²) in [4.78, 5) is 10.3. The Hall–Kier alpha value is -1.18. The lowest BCUT2D eigenvalue weighted by Gasteiger charge is -2.04. The average Bonchev–Trinajstić information content (AvgIpc) is 2.16. The van der Waals surface area contributed by atoms with Gasteiger partial charge < -0.3 is 4.79 Å². The summed E-state index contributed by atoms with van der Waals surface area (Å²) in [5, 5.41) is 0. The van der Waals surface area contributed by atoms with Crippen LogP contribution in [0.5, 0.6) is 0 Å². The van der Waals surface area contributed by atoms with Crippen molar-refractivity contribution < 1.29 is 9.18 Å². The Labute approximate surface area is 71.2 Å². The largest absolute Gasteiger partial charge is 0.303 e. The molecule has 0 aliphatic carbocycles. The van der Waals surface area contributed by atoms with Gasteiger partial charge in [0.25, 0.3) is 0 Å². The van der Waals surface area contributed by atoms with Crippen LogP contribution in [0.15, 0.2) is 30.3 Å².